The largest absolute Gasteiger partial charge is 0.355 e. The maximum Gasteiger partial charge on any atom is 0.142 e. The SMILES string of the molecule is Cn1ccnc1C1CCN(c2ncc(Cl)cc2Br)C1. The second kappa shape index (κ2) is 5.13. The van der Waals surface area contributed by atoms with E-state index in [1.54, 1.807) is 6.20 Å². The summed E-state index contributed by atoms with van der Waals surface area (Å²) in [5, 5.41) is 0.649. The highest BCUT2D eigenvalue weighted by Crippen LogP contribution is 2.33. The molecule has 0 saturated carbocycles. The summed E-state index contributed by atoms with van der Waals surface area (Å²) >= 11 is 9.46. The maximum atomic E-state index is 5.93. The Morgan fingerprint density at radius 2 is 2.26 bits per heavy atom. The van der Waals surface area contributed by atoms with Crippen molar-refractivity contribution in [3.8, 4) is 0 Å². The minimum atomic E-state index is 0.462. The van der Waals surface area contributed by atoms with Crippen LogP contribution in [0.3, 0.4) is 0 Å². The van der Waals surface area contributed by atoms with E-state index >= 15 is 0 Å². The maximum absolute atomic E-state index is 5.93. The van der Waals surface area contributed by atoms with Crippen LogP contribution >= 0.6 is 27.5 Å². The van der Waals surface area contributed by atoms with E-state index in [2.05, 4.69) is 35.4 Å². The van der Waals surface area contributed by atoms with Crippen molar-refractivity contribution in [1.82, 2.24) is 14.5 Å². The first-order valence-corrected chi connectivity index (χ1v) is 7.35. The summed E-state index contributed by atoms with van der Waals surface area (Å²) in [6.45, 7) is 1.93. The smallest absolute Gasteiger partial charge is 0.142 e. The topological polar surface area (TPSA) is 34.0 Å². The molecule has 100 valence electrons. The lowest BCUT2D eigenvalue weighted by Crippen LogP contribution is -2.21. The number of halogens is 2. The van der Waals surface area contributed by atoms with E-state index < -0.39 is 0 Å². The average Bonchev–Trinajstić information content (AvgIpc) is 2.97. The van der Waals surface area contributed by atoms with Gasteiger partial charge in [0.05, 0.1) is 9.50 Å². The van der Waals surface area contributed by atoms with E-state index in [-0.39, 0.29) is 0 Å². The van der Waals surface area contributed by atoms with E-state index in [0.29, 0.717) is 10.9 Å². The Labute approximate surface area is 125 Å². The summed E-state index contributed by atoms with van der Waals surface area (Å²) in [6.07, 6.45) is 6.64. The van der Waals surface area contributed by atoms with Crippen LogP contribution in [0.5, 0.6) is 0 Å². The lowest BCUT2D eigenvalue weighted by atomic mass is 10.1. The molecule has 1 aliphatic rings. The van der Waals surface area contributed by atoms with Gasteiger partial charge in [-0.3, -0.25) is 0 Å². The molecule has 0 spiro atoms. The highest BCUT2D eigenvalue weighted by Gasteiger charge is 2.28. The number of pyridine rings is 1. The van der Waals surface area contributed by atoms with Crippen LogP contribution in [0.15, 0.2) is 29.1 Å². The van der Waals surface area contributed by atoms with Crippen LogP contribution in [-0.2, 0) is 7.05 Å². The number of imidazole rings is 1. The first-order chi connectivity index (χ1) is 9.15. The number of hydrogen-bond donors (Lipinski definition) is 0. The molecular formula is C13H14BrClN4. The average molecular weight is 342 g/mol. The Hall–Kier alpha value is -1.07. The molecule has 0 aromatic carbocycles. The summed E-state index contributed by atoms with van der Waals surface area (Å²) in [7, 11) is 2.04. The third-order valence-corrected chi connectivity index (χ3v) is 4.29. The van der Waals surface area contributed by atoms with Crippen LogP contribution < -0.4 is 4.90 Å². The Kier molecular flexibility index (Phi) is 3.50. The van der Waals surface area contributed by atoms with Crippen LogP contribution in [0.4, 0.5) is 5.82 Å². The molecule has 0 radical (unpaired) electrons. The van der Waals surface area contributed by atoms with Crippen molar-refractivity contribution in [3.05, 3.63) is 40.0 Å². The second-order valence-electron chi connectivity index (χ2n) is 4.79. The Balaban J connectivity index is 1.81. The van der Waals surface area contributed by atoms with Gasteiger partial charge in [0.2, 0.25) is 0 Å². The number of aryl methyl sites for hydroxylation is 1. The van der Waals surface area contributed by atoms with Gasteiger partial charge >= 0.3 is 0 Å². The molecule has 1 saturated heterocycles. The quantitative estimate of drug-likeness (QED) is 0.841. The van der Waals surface area contributed by atoms with E-state index in [4.69, 9.17) is 11.6 Å². The Bertz CT molecular complexity index is 598. The lowest BCUT2D eigenvalue weighted by Gasteiger charge is -2.18. The molecule has 1 fully saturated rings. The molecule has 1 aliphatic heterocycles. The molecule has 6 heteroatoms. The molecular weight excluding hydrogens is 328 g/mol. The van der Waals surface area contributed by atoms with Crippen molar-refractivity contribution < 1.29 is 0 Å². The van der Waals surface area contributed by atoms with Crippen molar-refractivity contribution >= 4 is 33.3 Å². The van der Waals surface area contributed by atoms with Gasteiger partial charge in [0.25, 0.3) is 0 Å². The molecule has 0 N–H and O–H groups in total. The highest BCUT2D eigenvalue weighted by molar-refractivity contribution is 9.10. The predicted molar refractivity (Wildman–Crippen MR) is 79.7 cm³/mol. The highest BCUT2D eigenvalue weighted by atomic mass is 79.9. The van der Waals surface area contributed by atoms with Gasteiger partial charge in [-0.05, 0) is 28.4 Å². The molecule has 0 aliphatic carbocycles. The Morgan fingerprint density at radius 3 is 2.95 bits per heavy atom. The molecule has 1 atom stereocenters. The molecule has 1 unspecified atom stereocenters. The summed E-state index contributed by atoms with van der Waals surface area (Å²) < 4.78 is 3.04. The van der Waals surface area contributed by atoms with Crippen LogP contribution in [0.2, 0.25) is 5.02 Å². The molecule has 3 rings (SSSR count). The van der Waals surface area contributed by atoms with Crippen molar-refractivity contribution in [2.45, 2.75) is 12.3 Å². The van der Waals surface area contributed by atoms with Crippen LogP contribution in [0, 0.1) is 0 Å². The van der Waals surface area contributed by atoms with Crippen LogP contribution in [0.25, 0.3) is 0 Å². The summed E-state index contributed by atoms with van der Waals surface area (Å²) in [5.74, 6) is 2.57. The molecule has 19 heavy (non-hydrogen) atoms. The fourth-order valence-corrected chi connectivity index (χ4v) is 3.46. The molecule has 0 bridgehead atoms. The van der Waals surface area contributed by atoms with E-state index in [1.807, 2.05) is 25.5 Å². The molecule has 3 heterocycles. The minimum Gasteiger partial charge on any atom is -0.355 e. The van der Waals surface area contributed by atoms with E-state index in [0.717, 1.165) is 35.6 Å². The van der Waals surface area contributed by atoms with Gasteiger partial charge in [0.1, 0.15) is 11.6 Å². The third-order valence-electron chi connectivity index (χ3n) is 3.50. The molecule has 2 aromatic rings. The van der Waals surface area contributed by atoms with Crippen molar-refractivity contribution in [2.24, 2.45) is 7.05 Å². The minimum absolute atomic E-state index is 0.462. The molecule has 4 nitrogen and oxygen atoms in total. The van der Waals surface area contributed by atoms with Gasteiger partial charge in [-0.25, -0.2) is 9.97 Å². The number of nitrogens with zero attached hydrogens (tertiary/aromatic N) is 4. The van der Waals surface area contributed by atoms with Crippen molar-refractivity contribution in [3.63, 3.8) is 0 Å². The molecule has 0 amide bonds. The number of hydrogen-bond acceptors (Lipinski definition) is 3. The predicted octanol–water partition coefficient (Wildman–Crippen LogP) is 3.22. The van der Waals surface area contributed by atoms with Gasteiger partial charge in [-0.2, -0.15) is 0 Å². The lowest BCUT2D eigenvalue weighted by molar-refractivity contribution is 0.665. The monoisotopic (exact) mass is 340 g/mol. The second-order valence-corrected chi connectivity index (χ2v) is 6.08. The fourth-order valence-electron chi connectivity index (χ4n) is 2.57. The number of rotatable bonds is 2. The number of aromatic nitrogens is 3. The third kappa shape index (κ3) is 2.49. The first kappa shape index (κ1) is 12.9. The standard InChI is InChI=1S/C13H14BrClN4/c1-18-5-3-16-12(18)9-2-4-19(8-9)13-11(14)6-10(15)7-17-13/h3,5-7,9H,2,4,8H2,1H3. The van der Waals surface area contributed by atoms with Gasteiger partial charge in [-0.15, -0.1) is 0 Å². The zero-order valence-corrected chi connectivity index (χ0v) is 12.9. The first-order valence-electron chi connectivity index (χ1n) is 6.18. The number of anilines is 1. The van der Waals surface area contributed by atoms with Crippen LogP contribution in [0.1, 0.15) is 18.2 Å². The summed E-state index contributed by atoms with van der Waals surface area (Å²) in [5.41, 5.74) is 0. The fraction of sp³-hybridized carbons (Fsp3) is 0.385. The van der Waals surface area contributed by atoms with Gasteiger partial charge in [-0.1, -0.05) is 11.6 Å². The van der Waals surface area contributed by atoms with Gasteiger partial charge < -0.3 is 9.47 Å². The van der Waals surface area contributed by atoms with Gasteiger partial charge in [0, 0.05) is 44.6 Å². The normalized spacial score (nSPS) is 19.1. The zero-order valence-electron chi connectivity index (χ0n) is 10.6. The van der Waals surface area contributed by atoms with Crippen molar-refractivity contribution in [1.29, 1.82) is 0 Å². The molecule has 2 aromatic heterocycles. The van der Waals surface area contributed by atoms with E-state index in [9.17, 15) is 0 Å². The Morgan fingerprint density at radius 1 is 1.42 bits per heavy atom. The summed E-state index contributed by atoms with van der Waals surface area (Å²) in [4.78, 5) is 11.1. The summed E-state index contributed by atoms with van der Waals surface area (Å²) in [6, 6.07) is 1.89. The van der Waals surface area contributed by atoms with E-state index in [1.165, 1.54) is 0 Å². The van der Waals surface area contributed by atoms with Crippen molar-refractivity contribution in [2.75, 3.05) is 18.0 Å². The van der Waals surface area contributed by atoms with Gasteiger partial charge in [0.15, 0.2) is 0 Å². The van der Waals surface area contributed by atoms with Crippen LogP contribution in [-0.4, -0.2) is 27.6 Å². The zero-order chi connectivity index (χ0) is 13.4.